The van der Waals surface area contributed by atoms with Gasteiger partial charge in [-0.15, -0.1) is 11.3 Å². The van der Waals surface area contributed by atoms with E-state index < -0.39 is 0 Å². The highest BCUT2D eigenvalue weighted by Gasteiger charge is 2.24. The largest absolute Gasteiger partial charge is 0.325 e. The third-order valence-corrected chi connectivity index (χ3v) is 5.68. The minimum atomic E-state index is -0.0189. The van der Waals surface area contributed by atoms with E-state index in [9.17, 15) is 4.79 Å². The number of pyridine rings is 2. The van der Waals surface area contributed by atoms with Gasteiger partial charge in [0.2, 0.25) is 5.91 Å². The molecule has 4 heterocycles. The average molecular weight is 409 g/mol. The summed E-state index contributed by atoms with van der Waals surface area (Å²) in [5.41, 5.74) is 2.13. The van der Waals surface area contributed by atoms with Gasteiger partial charge < -0.3 is 10.6 Å². The fourth-order valence-corrected chi connectivity index (χ4v) is 4.12. The predicted octanol–water partition coefficient (Wildman–Crippen LogP) is 3.80. The maximum Gasteiger partial charge on any atom is 0.240 e. The minimum absolute atomic E-state index is 0.0189. The molecule has 1 aliphatic rings. The maximum atomic E-state index is 12.3. The second-order valence-corrected chi connectivity index (χ2v) is 8.10. The molecule has 0 unspecified atom stereocenters. The van der Waals surface area contributed by atoms with Crippen LogP contribution in [0.25, 0.3) is 0 Å². The number of hydrogen-bond acceptors (Lipinski definition) is 7. The summed E-state index contributed by atoms with van der Waals surface area (Å²) in [6.45, 7) is 4.15. The predicted molar refractivity (Wildman–Crippen MR) is 116 cm³/mol. The molecule has 1 saturated heterocycles. The third-order valence-electron chi connectivity index (χ3n) is 5.00. The summed E-state index contributed by atoms with van der Waals surface area (Å²) in [7, 11) is 0. The first-order chi connectivity index (χ1) is 14.2. The number of carbonyl (C=O) groups excluding carboxylic acids is 1. The lowest BCUT2D eigenvalue weighted by Gasteiger charge is -2.32. The topological polar surface area (TPSA) is 83.0 Å². The summed E-state index contributed by atoms with van der Waals surface area (Å²) in [6.07, 6.45) is 5.59. The van der Waals surface area contributed by atoms with Gasteiger partial charge in [0.25, 0.3) is 0 Å². The normalized spacial score (nSPS) is 17.1. The van der Waals surface area contributed by atoms with E-state index >= 15 is 0 Å². The number of nitrogens with one attached hydrogen (secondary N) is 2. The first kappa shape index (κ1) is 19.5. The van der Waals surface area contributed by atoms with Gasteiger partial charge in [-0.25, -0.2) is 15.0 Å². The molecule has 1 amide bonds. The van der Waals surface area contributed by atoms with E-state index in [1.165, 1.54) is 11.3 Å². The van der Waals surface area contributed by atoms with Crippen LogP contribution < -0.4 is 10.6 Å². The summed E-state index contributed by atoms with van der Waals surface area (Å²) >= 11 is 1.43. The number of rotatable bonds is 6. The minimum Gasteiger partial charge on any atom is -0.325 e. The average Bonchev–Trinajstić information content (AvgIpc) is 3.23. The molecule has 2 N–H and O–H groups in total. The molecule has 0 aliphatic carbocycles. The quantitative estimate of drug-likeness (QED) is 0.645. The first-order valence-electron chi connectivity index (χ1n) is 9.74. The molecule has 4 rings (SSSR count). The van der Waals surface area contributed by atoms with Crippen molar-refractivity contribution in [3.05, 3.63) is 59.4 Å². The Morgan fingerprint density at radius 2 is 2.17 bits per heavy atom. The van der Waals surface area contributed by atoms with Crippen molar-refractivity contribution in [2.45, 2.75) is 25.7 Å². The van der Waals surface area contributed by atoms with Gasteiger partial charge in [0.1, 0.15) is 11.6 Å². The fraction of sp³-hybridized carbons (Fsp3) is 0.333. The van der Waals surface area contributed by atoms with Gasteiger partial charge in [0.15, 0.2) is 5.13 Å². The Morgan fingerprint density at radius 1 is 1.24 bits per heavy atom. The molecule has 0 radical (unpaired) electrons. The van der Waals surface area contributed by atoms with Gasteiger partial charge in [-0.1, -0.05) is 12.1 Å². The van der Waals surface area contributed by atoms with Crippen molar-refractivity contribution in [3.8, 4) is 0 Å². The van der Waals surface area contributed by atoms with E-state index in [1.54, 1.807) is 12.4 Å². The molecule has 8 heteroatoms. The highest BCUT2D eigenvalue weighted by Crippen LogP contribution is 2.27. The molecule has 150 valence electrons. The number of likely N-dealkylation sites (tertiary alicyclic amines) is 1. The Bertz CT molecular complexity index is 961. The van der Waals surface area contributed by atoms with Gasteiger partial charge in [-0.2, -0.15) is 0 Å². The number of nitrogens with zero attached hydrogens (tertiary/aromatic N) is 4. The zero-order valence-electron chi connectivity index (χ0n) is 16.3. The van der Waals surface area contributed by atoms with Crippen LogP contribution in [0.15, 0.2) is 48.1 Å². The second-order valence-electron chi connectivity index (χ2n) is 7.20. The molecule has 0 bridgehead atoms. The first-order valence-corrected chi connectivity index (χ1v) is 10.6. The summed E-state index contributed by atoms with van der Waals surface area (Å²) in [4.78, 5) is 27.8. The number of amides is 1. The van der Waals surface area contributed by atoms with Crippen molar-refractivity contribution in [2.75, 3.05) is 30.3 Å². The lowest BCUT2D eigenvalue weighted by Crippen LogP contribution is -2.40. The standard InChI is InChI=1S/C21H24N6OS/c1-15-5-3-9-22-20(15)25-18-8-2-7-17(24-18)16-6-4-11-27(13-16)14-19(28)26-21-23-10-12-29-21/h2-3,5,7-10,12,16H,4,6,11,13-14H2,1H3,(H,22,24,25)(H,23,26,28)/t16-/m1/s1. The lowest BCUT2D eigenvalue weighted by molar-refractivity contribution is -0.117. The third kappa shape index (κ3) is 5.16. The monoisotopic (exact) mass is 408 g/mol. The Kier molecular flexibility index (Phi) is 6.12. The summed E-state index contributed by atoms with van der Waals surface area (Å²) in [5.74, 6) is 1.90. The molecule has 7 nitrogen and oxygen atoms in total. The Balaban J connectivity index is 1.39. The van der Waals surface area contributed by atoms with Crippen LogP contribution >= 0.6 is 11.3 Å². The molecule has 1 aliphatic heterocycles. The Hall–Kier alpha value is -2.84. The SMILES string of the molecule is Cc1cccnc1Nc1cccc([C@@H]2CCCN(CC(=O)Nc3nccs3)C2)n1. The van der Waals surface area contributed by atoms with Crippen molar-refractivity contribution >= 4 is 34.0 Å². The molecule has 0 spiro atoms. The van der Waals surface area contributed by atoms with Crippen molar-refractivity contribution < 1.29 is 4.79 Å². The molecule has 3 aromatic heterocycles. The smallest absolute Gasteiger partial charge is 0.240 e. The van der Waals surface area contributed by atoms with Crippen molar-refractivity contribution in [2.24, 2.45) is 0 Å². The van der Waals surface area contributed by atoms with Crippen LogP contribution in [0.2, 0.25) is 0 Å². The van der Waals surface area contributed by atoms with E-state index in [-0.39, 0.29) is 5.91 Å². The molecular formula is C21H24N6OS. The zero-order chi connectivity index (χ0) is 20.1. The lowest BCUT2D eigenvalue weighted by atomic mass is 9.94. The van der Waals surface area contributed by atoms with E-state index in [0.717, 1.165) is 48.8 Å². The van der Waals surface area contributed by atoms with Gasteiger partial charge in [0.05, 0.1) is 6.54 Å². The van der Waals surface area contributed by atoms with Crippen LogP contribution in [0.5, 0.6) is 0 Å². The molecular weight excluding hydrogens is 384 g/mol. The van der Waals surface area contributed by atoms with Crippen LogP contribution in [-0.2, 0) is 4.79 Å². The molecule has 1 fully saturated rings. The van der Waals surface area contributed by atoms with Crippen LogP contribution in [0, 0.1) is 6.92 Å². The van der Waals surface area contributed by atoms with E-state index in [4.69, 9.17) is 4.98 Å². The van der Waals surface area contributed by atoms with Gasteiger partial charge in [0, 0.05) is 35.9 Å². The molecule has 1 atom stereocenters. The number of anilines is 3. The number of hydrogen-bond donors (Lipinski definition) is 2. The van der Waals surface area contributed by atoms with Crippen molar-refractivity contribution in [3.63, 3.8) is 0 Å². The Labute approximate surface area is 174 Å². The number of aryl methyl sites for hydroxylation is 1. The summed E-state index contributed by atoms with van der Waals surface area (Å²) in [5, 5.41) is 8.67. The molecule has 0 aromatic carbocycles. The fourth-order valence-electron chi connectivity index (χ4n) is 3.57. The number of carbonyl (C=O) groups is 1. The van der Waals surface area contributed by atoms with Gasteiger partial charge in [-0.05, 0) is 50.1 Å². The summed E-state index contributed by atoms with van der Waals surface area (Å²) < 4.78 is 0. The van der Waals surface area contributed by atoms with Gasteiger partial charge >= 0.3 is 0 Å². The number of aromatic nitrogens is 3. The van der Waals surface area contributed by atoms with Crippen LogP contribution in [-0.4, -0.2) is 45.4 Å². The van der Waals surface area contributed by atoms with Crippen molar-refractivity contribution in [1.29, 1.82) is 0 Å². The van der Waals surface area contributed by atoms with E-state index in [2.05, 4.69) is 31.6 Å². The zero-order valence-corrected chi connectivity index (χ0v) is 17.2. The second kappa shape index (κ2) is 9.11. The van der Waals surface area contributed by atoms with E-state index in [0.29, 0.717) is 17.6 Å². The number of thiazole rings is 1. The molecule has 29 heavy (non-hydrogen) atoms. The van der Waals surface area contributed by atoms with Crippen LogP contribution in [0.3, 0.4) is 0 Å². The van der Waals surface area contributed by atoms with Crippen molar-refractivity contribution in [1.82, 2.24) is 19.9 Å². The van der Waals surface area contributed by atoms with Crippen LogP contribution in [0.4, 0.5) is 16.8 Å². The van der Waals surface area contributed by atoms with Gasteiger partial charge in [-0.3, -0.25) is 9.69 Å². The Morgan fingerprint density at radius 3 is 3.00 bits per heavy atom. The summed E-state index contributed by atoms with van der Waals surface area (Å²) in [6, 6.07) is 10.00. The van der Waals surface area contributed by atoms with Crippen LogP contribution in [0.1, 0.15) is 30.0 Å². The highest BCUT2D eigenvalue weighted by molar-refractivity contribution is 7.13. The molecule has 3 aromatic rings. The highest BCUT2D eigenvalue weighted by atomic mass is 32.1. The van der Waals surface area contributed by atoms with E-state index in [1.807, 2.05) is 36.6 Å². The maximum absolute atomic E-state index is 12.3. The molecule has 0 saturated carbocycles. The number of piperidine rings is 1.